The SMILES string of the molecule is CC1CCc2sc(C(=O)Nc3ccc(OCC(=O)N4CCOCC4)cc3)cc2C1. The zero-order valence-electron chi connectivity index (χ0n) is 16.6. The molecule has 2 amide bonds. The molecule has 6 nitrogen and oxygen atoms in total. The Hall–Kier alpha value is -2.38. The number of thiophene rings is 1. The van der Waals surface area contributed by atoms with Gasteiger partial charge in [0.25, 0.3) is 11.8 Å². The average molecular weight is 415 g/mol. The summed E-state index contributed by atoms with van der Waals surface area (Å²) >= 11 is 1.60. The monoisotopic (exact) mass is 414 g/mol. The number of rotatable bonds is 5. The number of carbonyl (C=O) groups is 2. The Morgan fingerprint density at radius 1 is 1.24 bits per heavy atom. The molecule has 4 rings (SSSR count). The standard InChI is InChI=1S/C22H26N2O4S/c1-15-2-7-19-16(12-15)13-20(29-19)22(26)23-17-3-5-18(6-4-17)28-14-21(25)24-8-10-27-11-9-24/h3-6,13,15H,2,7-12,14H2,1H3,(H,23,26). The van der Waals surface area contributed by atoms with Crippen molar-refractivity contribution in [2.75, 3.05) is 38.2 Å². The minimum absolute atomic E-state index is 0.00484. The highest BCUT2D eigenvalue weighted by molar-refractivity contribution is 7.14. The lowest BCUT2D eigenvalue weighted by Gasteiger charge is -2.26. The number of morpholine rings is 1. The van der Waals surface area contributed by atoms with E-state index in [2.05, 4.69) is 12.2 Å². The number of fused-ring (bicyclic) bond motifs is 1. The third kappa shape index (κ3) is 4.97. The maximum absolute atomic E-state index is 12.6. The maximum Gasteiger partial charge on any atom is 0.265 e. The van der Waals surface area contributed by atoms with Crippen LogP contribution in [-0.4, -0.2) is 49.6 Å². The summed E-state index contributed by atoms with van der Waals surface area (Å²) in [7, 11) is 0. The highest BCUT2D eigenvalue weighted by Crippen LogP contribution is 2.32. The Bertz CT molecular complexity index is 871. The molecule has 1 aromatic carbocycles. The Labute approximate surface area is 174 Å². The highest BCUT2D eigenvalue weighted by atomic mass is 32.1. The first-order valence-corrected chi connectivity index (χ1v) is 10.9. The van der Waals surface area contributed by atoms with Gasteiger partial charge in [-0.3, -0.25) is 9.59 Å². The molecular formula is C22H26N2O4S. The molecule has 0 bridgehead atoms. The molecule has 7 heteroatoms. The van der Waals surface area contributed by atoms with Crippen LogP contribution in [0, 0.1) is 5.92 Å². The van der Waals surface area contributed by atoms with E-state index in [1.807, 2.05) is 6.07 Å². The van der Waals surface area contributed by atoms with Gasteiger partial charge in [-0.15, -0.1) is 11.3 Å². The van der Waals surface area contributed by atoms with Gasteiger partial charge in [-0.25, -0.2) is 0 Å². The van der Waals surface area contributed by atoms with Crippen LogP contribution in [0.15, 0.2) is 30.3 Å². The number of ether oxygens (including phenoxy) is 2. The Kier molecular flexibility index (Phi) is 6.16. The van der Waals surface area contributed by atoms with Crippen molar-refractivity contribution in [1.82, 2.24) is 4.90 Å². The van der Waals surface area contributed by atoms with Crippen LogP contribution in [0.25, 0.3) is 0 Å². The zero-order valence-corrected chi connectivity index (χ0v) is 17.4. The molecule has 2 aliphatic rings. The largest absolute Gasteiger partial charge is 0.484 e. The minimum Gasteiger partial charge on any atom is -0.484 e. The van der Waals surface area contributed by atoms with Gasteiger partial charge in [0.15, 0.2) is 6.61 Å². The summed E-state index contributed by atoms with van der Waals surface area (Å²) < 4.78 is 10.8. The molecule has 29 heavy (non-hydrogen) atoms. The van der Waals surface area contributed by atoms with Crippen molar-refractivity contribution in [3.05, 3.63) is 45.6 Å². The molecule has 154 valence electrons. The molecule has 2 heterocycles. The van der Waals surface area contributed by atoms with E-state index in [0.717, 1.165) is 17.7 Å². The molecule has 1 aliphatic carbocycles. The second kappa shape index (κ2) is 8.97. The zero-order chi connectivity index (χ0) is 20.2. The molecule has 1 unspecified atom stereocenters. The number of anilines is 1. The molecule has 2 aromatic rings. The lowest BCUT2D eigenvalue weighted by Crippen LogP contribution is -2.42. The summed E-state index contributed by atoms with van der Waals surface area (Å²) in [6, 6.07) is 9.16. The minimum atomic E-state index is -0.0757. The topological polar surface area (TPSA) is 67.9 Å². The second-order valence-corrected chi connectivity index (χ2v) is 8.80. The Morgan fingerprint density at radius 2 is 2.00 bits per heavy atom. The van der Waals surface area contributed by atoms with Gasteiger partial charge >= 0.3 is 0 Å². The first-order valence-electron chi connectivity index (χ1n) is 10.1. The van der Waals surface area contributed by atoms with Crippen molar-refractivity contribution in [2.24, 2.45) is 5.92 Å². The van der Waals surface area contributed by atoms with Gasteiger partial charge in [0.1, 0.15) is 5.75 Å². The lowest BCUT2D eigenvalue weighted by atomic mass is 9.90. The first-order chi connectivity index (χ1) is 14.1. The van der Waals surface area contributed by atoms with E-state index in [1.165, 1.54) is 16.9 Å². The number of hydrogen-bond acceptors (Lipinski definition) is 5. The fraction of sp³-hybridized carbons (Fsp3) is 0.455. The van der Waals surface area contributed by atoms with Gasteiger partial charge in [-0.2, -0.15) is 0 Å². The van der Waals surface area contributed by atoms with Crippen molar-refractivity contribution < 1.29 is 19.1 Å². The van der Waals surface area contributed by atoms with Crippen LogP contribution in [0.1, 0.15) is 33.5 Å². The third-order valence-corrected chi connectivity index (χ3v) is 6.63. The molecule has 1 aliphatic heterocycles. The number of nitrogens with one attached hydrogen (secondary N) is 1. The summed E-state index contributed by atoms with van der Waals surface area (Å²) in [4.78, 5) is 28.6. The van der Waals surface area contributed by atoms with E-state index in [4.69, 9.17) is 9.47 Å². The lowest BCUT2D eigenvalue weighted by molar-refractivity contribution is -0.137. The van der Waals surface area contributed by atoms with E-state index in [-0.39, 0.29) is 18.4 Å². The Morgan fingerprint density at radius 3 is 2.76 bits per heavy atom. The summed E-state index contributed by atoms with van der Waals surface area (Å²) in [6.07, 6.45) is 3.34. The summed E-state index contributed by atoms with van der Waals surface area (Å²) in [6.45, 7) is 4.64. The van der Waals surface area contributed by atoms with Crippen molar-refractivity contribution in [3.8, 4) is 5.75 Å². The fourth-order valence-electron chi connectivity index (χ4n) is 3.69. The number of aryl methyl sites for hydroxylation is 1. The van der Waals surface area contributed by atoms with E-state index in [1.54, 1.807) is 40.5 Å². The number of amides is 2. The van der Waals surface area contributed by atoms with Crippen LogP contribution in [-0.2, 0) is 22.4 Å². The van der Waals surface area contributed by atoms with Gasteiger partial charge < -0.3 is 19.7 Å². The quantitative estimate of drug-likeness (QED) is 0.815. The average Bonchev–Trinajstić information content (AvgIpc) is 3.17. The molecule has 1 saturated heterocycles. The van der Waals surface area contributed by atoms with E-state index in [9.17, 15) is 9.59 Å². The first kappa shape index (κ1) is 19.9. The smallest absolute Gasteiger partial charge is 0.265 e. The van der Waals surface area contributed by atoms with Crippen LogP contribution in [0.2, 0.25) is 0 Å². The normalized spacial score (nSPS) is 18.8. The van der Waals surface area contributed by atoms with Crippen LogP contribution in [0.3, 0.4) is 0 Å². The number of benzene rings is 1. The second-order valence-electron chi connectivity index (χ2n) is 7.67. The van der Waals surface area contributed by atoms with Crippen molar-refractivity contribution in [1.29, 1.82) is 0 Å². The summed E-state index contributed by atoms with van der Waals surface area (Å²) in [5.74, 6) is 1.18. The van der Waals surface area contributed by atoms with Gasteiger partial charge in [0.05, 0.1) is 18.1 Å². The molecule has 1 aromatic heterocycles. The predicted octanol–water partition coefficient (Wildman–Crippen LogP) is 3.36. The van der Waals surface area contributed by atoms with Gasteiger partial charge in [-0.1, -0.05) is 6.92 Å². The number of carbonyl (C=O) groups excluding carboxylic acids is 2. The van der Waals surface area contributed by atoms with E-state index < -0.39 is 0 Å². The molecule has 0 spiro atoms. The van der Waals surface area contributed by atoms with Crippen LogP contribution < -0.4 is 10.1 Å². The number of nitrogens with zero attached hydrogens (tertiary/aromatic N) is 1. The molecule has 0 saturated carbocycles. The van der Waals surface area contributed by atoms with Crippen molar-refractivity contribution in [2.45, 2.75) is 26.2 Å². The molecule has 1 N–H and O–H groups in total. The van der Waals surface area contributed by atoms with Crippen LogP contribution >= 0.6 is 11.3 Å². The van der Waals surface area contributed by atoms with Crippen LogP contribution in [0.5, 0.6) is 5.75 Å². The fourth-order valence-corrected chi connectivity index (χ4v) is 4.80. The Balaban J connectivity index is 1.30. The predicted molar refractivity (Wildman–Crippen MR) is 113 cm³/mol. The summed E-state index contributed by atoms with van der Waals surface area (Å²) in [5, 5.41) is 2.95. The van der Waals surface area contributed by atoms with E-state index in [0.29, 0.717) is 43.7 Å². The van der Waals surface area contributed by atoms with Gasteiger partial charge in [-0.05, 0) is 61.1 Å². The molecular weight excluding hydrogens is 388 g/mol. The third-order valence-electron chi connectivity index (χ3n) is 5.39. The highest BCUT2D eigenvalue weighted by Gasteiger charge is 2.21. The molecule has 1 atom stereocenters. The van der Waals surface area contributed by atoms with Gasteiger partial charge in [0.2, 0.25) is 0 Å². The molecule has 0 radical (unpaired) electrons. The maximum atomic E-state index is 12.6. The van der Waals surface area contributed by atoms with Crippen molar-refractivity contribution >= 4 is 28.8 Å². The summed E-state index contributed by atoms with van der Waals surface area (Å²) in [5.41, 5.74) is 2.04. The molecule has 1 fully saturated rings. The van der Waals surface area contributed by atoms with E-state index >= 15 is 0 Å². The van der Waals surface area contributed by atoms with Crippen molar-refractivity contribution in [3.63, 3.8) is 0 Å². The van der Waals surface area contributed by atoms with Crippen LogP contribution in [0.4, 0.5) is 5.69 Å². The van der Waals surface area contributed by atoms with Gasteiger partial charge in [0, 0.05) is 23.7 Å². The number of hydrogen-bond donors (Lipinski definition) is 1.